The molecular weight excluding hydrogens is 398 g/mol. The Kier molecular flexibility index (Phi) is 4.72. The topological polar surface area (TPSA) is 81.1 Å². The van der Waals surface area contributed by atoms with Crippen LogP contribution in [0.1, 0.15) is 29.0 Å². The van der Waals surface area contributed by atoms with Crippen LogP contribution < -0.4 is 5.32 Å². The number of hydrogen-bond acceptors (Lipinski definition) is 4. The van der Waals surface area contributed by atoms with E-state index in [1.54, 1.807) is 24.3 Å². The van der Waals surface area contributed by atoms with E-state index >= 15 is 0 Å². The number of fused-ring (bicyclic) bond motifs is 1. The number of hydrogen-bond donors (Lipinski definition) is 1. The van der Waals surface area contributed by atoms with Crippen molar-refractivity contribution in [2.45, 2.75) is 24.7 Å². The van der Waals surface area contributed by atoms with Gasteiger partial charge in [0.05, 0.1) is 11.8 Å². The van der Waals surface area contributed by atoms with E-state index in [2.05, 4.69) is 10.3 Å². The minimum atomic E-state index is -3.49. The Balaban J connectivity index is 1.77. The van der Waals surface area contributed by atoms with E-state index in [1.165, 1.54) is 4.57 Å². The summed E-state index contributed by atoms with van der Waals surface area (Å²) in [6.45, 7) is 2.09. The van der Waals surface area contributed by atoms with E-state index in [0.29, 0.717) is 16.3 Å². The fourth-order valence-corrected chi connectivity index (χ4v) is 4.79. The molecule has 1 aromatic heterocycles. The number of nitrogens with zero attached hydrogens (tertiary/aromatic N) is 2. The van der Waals surface area contributed by atoms with Crippen LogP contribution in [0.4, 0.5) is 0 Å². The Morgan fingerprint density at radius 2 is 1.82 bits per heavy atom. The van der Waals surface area contributed by atoms with Gasteiger partial charge in [0, 0.05) is 17.1 Å². The molecule has 28 heavy (non-hydrogen) atoms. The monoisotopic (exact) mass is 415 g/mol. The highest BCUT2D eigenvalue weighted by atomic mass is 35.5. The van der Waals surface area contributed by atoms with Crippen LogP contribution in [0, 0.1) is 0 Å². The van der Waals surface area contributed by atoms with E-state index in [1.807, 2.05) is 37.3 Å². The number of aromatic nitrogens is 2. The molecule has 1 amide bonds. The number of nitrogens with one attached hydrogen (secondary N) is 1. The van der Waals surface area contributed by atoms with Crippen molar-refractivity contribution in [2.24, 2.45) is 0 Å². The standard InChI is InChI=1S/C20H18ClN3O3S/c1-13(14-5-3-2-4-6-14)22-19(25)18-17(15-7-9-16(21)10-8-15)23-20-24(18)11-12-28(20,26)27/h2-10,13H,11-12H2,1H3,(H,22,25)/t13-/m0/s1. The molecule has 4 rings (SSSR count). The average molecular weight is 416 g/mol. The maximum atomic E-state index is 13.1. The van der Waals surface area contributed by atoms with Gasteiger partial charge in [-0.05, 0) is 24.6 Å². The lowest BCUT2D eigenvalue weighted by Gasteiger charge is -2.15. The fraction of sp³-hybridized carbons (Fsp3) is 0.200. The number of rotatable bonds is 4. The van der Waals surface area contributed by atoms with Gasteiger partial charge in [-0.2, -0.15) is 0 Å². The van der Waals surface area contributed by atoms with Gasteiger partial charge >= 0.3 is 0 Å². The lowest BCUT2D eigenvalue weighted by molar-refractivity contribution is 0.0931. The van der Waals surface area contributed by atoms with Crippen molar-refractivity contribution < 1.29 is 13.2 Å². The third-order valence-corrected chi connectivity index (χ3v) is 6.61. The molecule has 3 aromatic rings. The quantitative estimate of drug-likeness (QED) is 0.707. The zero-order valence-corrected chi connectivity index (χ0v) is 16.7. The molecule has 0 bridgehead atoms. The zero-order chi connectivity index (χ0) is 19.9. The number of carbonyl (C=O) groups is 1. The number of halogens is 1. The van der Waals surface area contributed by atoms with Gasteiger partial charge in [0.25, 0.3) is 5.91 Å². The van der Waals surface area contributed by atoms with Gasteiger partial charge in [-0.25, -0.2) is 13.4 Å². The van der Waals surface area contributed by atoms with Crippen molar-refractivity contribution in [2.75, 3.05) is 5.75 Å². The van der Waals surface area contributed by atoms with Gasteiger partial charge in [-0.15, -0.1) is 0 Å². The van der Waals surface area contributed by atoms with Crippen LogP contribution >= 0.6 is 11.6 Å². The van der Waals surface area contributed by atoms with Crippen molar-refractivity contribution in [3.8, 4) is 11.3 Å². The molecule has 1 atom stereocenters. The molecule has 6 nitrogen and oxygen atoms in total. The molecular formula is C20H18ClN3O3S. The van der Waals surface area contributed by atoms with Gasteiger partial charge in [0.1, 0.15) is 11.4 Å². The highest BCUT2D eigenvalue weighted by Gasteiger charge is 2.35. The highest BCUT2D eigenvalue weighted by molar-refractivity contribution is 7.91. The lowest BCUT2D eigenvalue weighted by Crippen LogP contribution is -2.29. The first-order valence-electron chi connectivity index (χ1n) is 8.82. The molecule has 2 aromatic carbocycles. The van der Waals surface area contributed by atoms with E-state index < -0.39 is 9.84 Å². The zero-order valence-electron chi connectivity index (χ0n) is 15.1. The molecule has 0 saturated heterocycles. The molecule has 0 spiro atoms. The Bertz CT molecular complexity index is 1140. The van der Waals surface area contributed by atoms with Crippen LogP contribution in [0.15, 0.2) is 59.8 Å². The smallest absolute Gasteiger partial charge is 0.270 e. The first kappa shape index (κ1) is 18.7. The van der Waals surface area contributed by atoms with Crippen LogP contribution in [0.3, 0.4) is 0 Å². The summed E-state index contributed by atoms with van der Waals surface area (Å²) in [6.07, 6.45) is 0. The van der Waals surface area contributed by atoms with Crippen LogP contribution in [-0.4, -0.2) is 29.6 Å². The van der Waals surface area contributed by atoms with Gasteiger partial charge in [0.2, 0.25) is 15.0 Å². The molecule has 8 heteroatoms. The average Bonchev–Trinajstić information content (AvgIpc) is 3.21. The van der Waals surface area contributed by atoms with Crippen LogP contribution in [0.25, 0.3) is 11.3 Å². The minimum absolute atomic E-state index is 0.0508. The Labute approximate surface area is 168 Å². The Morgan fingerprint density at radius 3 is 2.50 bits per heavy atom. The van der Waals surface area contributed by atoms with E-state index in [9.17, 15) is 13.2 Å². The number of carbonyl (C=O) groups excluding carboxylic acids is 1. The Hall–Kier alpha value is -2.64. The van der Waals surface area contributed by atoms with Crippen molar-refractivity contribution in [1.29, 1.82) is 0 Å². The summed E-state index contributed by atoms with van der Waals surface area (Å²) in [5.41, 5.74) is 2.19. The molecule has 2 heterocycles. The van der Waals surface area contributed by atoms with Crippen LogP contribution in [0.2, 0.25) is 5.02 Å². The maximum Gasteiger partial charge on any atom is 0.270 e. The molecule has 144 valence electrons. The summed E-state index contributed by atoms with van der Waals surface area (Å²) in [5.74, 6) is -0.415. The predicted molar refractivity (Wildman–Crippen MR) is 107 cm³/mol. The van der Waals surface area contributed by atoms with Crippen LogP contribution in [0.5, 0.6) is 0 Å². The van der Waals surface area contributed by atoms with Crippen LogP contribution in [-0.2, 0) is 16.4 Å². The number of imidazole rings is 1. The fourth-order valence-electron chi connectivity index (χ4n) is 3.31. The Morgan fingerprint density at radius 1 is 1.14 bits per heavy atom. The molecule has 0 radical (unpaired) electrons. The molecule has 1 aliphatic heterocycles. The maximum absolute atomic E-state index is 13.1. The summed E-state index contributed by atoms with van der Waals surface area (Å²) in [4.78, 5) is 17.4. The first-order valence-corrected chi connectivity index (χ1v) is 10.8. The molecule has 1 N–H and O–H groups in total. The SMILES string of the molecule is C[C@H](NC(=O)c1c(-c2ccc(Cl)cc2)nc2n1CCS2(=O)=O)c1ccccc1. The number of sulfone groups is 1. The largest absolute Gasteiger partial charge is 0.344 e. The van der Waals surface area contributed by atoms with E-state index in [-0.39, 0.29) is 35.1 Å². The highest BCUT2D eigenvalue weighted by Crippen LogP contribution is 2.31. The molecule has 0 saturated carbocycles. The second kappa shape index (κ2) is 7.07. The number of amides is 1. The summed E-state index contributed by atoms with van der Waals surface area (Å²) in [7, 11) is -3.49. The predicted octanol–water partition coefficient (Wildman–Crippen LogP) is 3.48. The second-order valence-electron chi connectivity index (χ2n) is 6.67. The second-order valence-corrected chi connectivity index (χ2v) is 9.11. The summed E-state index contributed by atoms with van der Waals surface area (Å²) in [5, 5.41) is 3.44. The summed E-state index contributed by atoms with van der Waals surface area (Å²) in [6, 6.07) is 16.2. The minimum Gasteiger partial charge on any atom is -0.344 e. The van der Waals surface area contributed by atoms with Gasteiger partial charge < -0.3 is 9.88 Å². The lowest BCUT2D eigenvalue weighted by atomic mass is 10.1. The van der Waals surface area contributed by atoms with Crippen molar-refractivity contribution in [3.63, 3.8) is 0 Å². The summed E-state index contributed by atoms with van der Waals surface area (Å²) < 4.78 is 26.2. The van der Waals surface area contributed by atoms with Crippen molar-refractivity contribution >= 4 is 27.3 Å². The van der Waals surface area contributed by atoms with Crippen molar-refractivity contribution in [3.05, 3.63) is 70.9 Å². The van der Waals surface area contributed by atoms with Gasteiger partial charge in [-0.3, -0.25) is 4.79 Å². The van der Waals surface area contributed by atoms with Gasteiger partial charge in [0.15, 0.2) is 0 Å². The third-order valence-electron chi connectivity index (χ3n) is 4.77. The van der Waals surface area contributed by atoms with Crippen molar-refractivity contribution in [1.82, 2.24) is 14.9 Å². The van der Waals surface area contributed by atoms with E-state index in [0.717, 1.165) is 5.56 Å². The third kappa shape index (κ3) is 3.31. The summed E-state index contributed by atoms with van der Waals surface area (Å²) >= 11 is 5.96. The first-order chi connectivity index (χ1) is 13.4. The normalized spacial score (nSPS) is 15.8. The van der Waals surface area contributed by atoms with E-state index in [4.69, 9.17) is 11.6 Å². The molecule has 1 aliphatic rings. The molecule has 0 fully saturated rings. The molecule has 0 unspecified atom stereocenters. The van der Waals surface area contributed by atoms with Gasteiger partial charge in [-0.1, -0.05) is 54.1 Å². The number of benzene rings is 2. The molecule has 0 aliphatic carbocycles.